The van der Waals surface area contributed by atoms with Crippen molar-refractivity contribution >= 4 is 10.1 Å². The van der Waals surface area contributed by atoms with Crippen molar-refractivity contribution in [3.63, 3.8) is 0 Å². The maximum absolute atomic E-state index is 10.3. The number of hydrogen-bond donors (Lipinski definition) is 1. The van der Waals surface area contributed by atoms with Gasteiger partial charge in [-0.1, -0.05) is 0 Å². The van der Waals surface area contributed by atoms with Gasteiger partial charge in [-0.2, -0.15) is 8.42 Å². The lowest BCUT2D eigenvalue weighted by Crippen LogP contribution is -2.19. The van der Waals surface area contributed by atoms with Gasteiger partial charge in [-0.15, -0.1) is 0 Å². The fraction of sp³-hybridized carbons (Fsp3) is 1.00. The zero-order valence-corrected chi connectivity index (χ0v) is 5.60. The standard InChI is InChI=1S/C4H8O4S/c5-9(6,7)4-1-2-8-3-4/h4H,1-3H2,(H,5,6,7)/t4-/m1/s1. The molecule has 1 aliphatic rings. The Bertz CT molecular complexity index is 177. The van der Waals surface area contributed by atoms with E-state index in [1.165, 1.54) is 0 Å². The molecule has 0 aromatic rings. The van der Waals surface area contributed by atoms with Crippen LogP contribution in [0.1, 0.15) is 6.42 Å². The Balaban J connectivity index is 2.63. The summed E-state index contributed by atoms with van der Waals surface area (Å²) in [5, 5.41) is -0.683. The third-order valence-electron chi connectivity index (χ3n) is 1.31. The van der Waals surface area contributed by atoms with Crippen molar-refractivity contribution in [2.24, 2.45) is 0 Å². The van der Waals surface area contributed by atoms with Gasteiger partial charge in [0.1, 0.15) is 5.25 Å². The monoisotopic (exact) mass is 152 g/mol. The molecular weight excluding hydrogens is 144 g/mol. The van der Waals surface area contributed by atoms with Crippen LogP contribution in [0.15, 0.2) is 0 Å². The average molecular weight is 152 g/mol. The second kappa shape index (κ2) is 2.24. The SMILES string of the molecule is O=S(=O)(O)[C@@H]1CCOC1. The van der Waals surface area contributed by atoms with Gasteiger partial charge in [0, 0.05) is 6.61 Å². The molecule has 0 saturated carbocycles. The van der Waals surface area contributed by atoms with Crippen LogP contribution < -0.4 is 0 Å². The molecule has 5 heteroatoms. The first-order valence-electron chi connectivity index (χ1n) is 2.65. The summed E-state index contributed by atoms with van der Waals surface area (Å²) in [6.07, 6.45) is 0.416. The van der Waals surface area contributed by atoms with Crippen LogP contribution in [0.5, 0.6) is 0 Å². The molecule has 1 rings (SSSR count). The van der Waals surface area contributed by atoms with Crippen LogP contribution in [0.25, 0.3) is 0 Å². The van der Waals surface area contributed by atoms with E-state index < -0.39 is 15.4 Å². The van der Waals surface area contributed by atoms with Gasteiger partial charge in [-0.05, 0) is 6.42 Å². The molecule has 4 nitrogen and oxygen atoms in total. The van der Waals surface area contributed by atoms with E-state index in [1.807, 2.05) is 0 Å². The molecule has 0 radical (unpaired) electrons. The molecule has 9 heavy (non-hydrogen) atoms. The van der Waals surface area contributed by atoms with E-state index in [9.17, 15) is 8.42 Å². The Labute approximate surface area is 53.6 Å². The van der Waals surface area contributed by atoms with Gasteiger partial charge in [-0.3, -0.25) is 4.55 Å². The minimum absolute atomic E-state index is 0.138. The van der Waals surface area contributed by atoms with Crippen LogP contribution in [0.3, 0.4) is 0 Å². The Morgan fingerprint density at radius 2 is 2.22 bits per heavy atom. The summed E-state index contributed by atoms with van der Waals surface area (Å²) in [5.41, 5.74) is 0. The van der Waals surface area contributed by atoms with Crippen molar-refractivity contribution in [2.45, 2.75) is 11.7 Å². The Hall–Kier alpha value is -0.130. The molecule has 0 aromatic carbocycles. The summed E-state index contributed by atoms with van der Waals surface area (Å²) in [5.74, 6) is 0. The summed E-state index contributed by atoms with van der Waals surface area (Å²) in [4.78, 5) is 0. The van der Waals surface area contributed by atoms with E-state index in [1.54, 1.807) is 0 Å². The number of rotatable bonds is 1. The van der Waals surface area contributed by atoms with Gasteiger partial charge in [0.25, 0.3) is 10.1 Å². The lowest BCUT2D eigenvalue weighted by Gasteiger charge is -1.99. The second-order valence-electron chi connectivity index (χ2n) is 2.00. The van der Waals surface area contributed by atoms with E-state index in [0.717, 1.165) is 0 Å². The largest absolute Gasteiger partial charge is 0.380 e. The van der Waals surface area contributed by atoms with Gasteiger partial charge in [0.15, 0.2) is 0 Å². The zero-order chi connectivity index (χ0) is 6.91. The molecule has 1 saturated heterocycles. The lowest BCUT2D eigenvalue weighted by atomic mass is 10.4. The Morgan fingerprint density at radius 3 is 2.44 bits per heavy atom. The zero-order valence-electron chi connectivity index (χ0n) is 4.78. The highest BCUT2D eigenvalue weighted by molar-refractivity contribution is 7.86. The van der Waals surface area contributed by atoms with E-state index in [2.05, 4.69) is 0 Å². The predicted octanol–water partition coefficient (Wildman–Crippen LogP) is -0.337. The van der Waals surface area contributed by atoms with Crippen molar-refractivity contribution in [1.29, 1.82) is 0 Å². The van der Waals surface area contributed by atoms with Crippen molar-refractivity contribution < 1.29 is 17.7 Å². The third kappa shape index (κ3) is 1.64. The molecule has 54 valence electrons. The van der Waals surface area contributed by atoms with Crippen molar-refractivity contribution in [3.8, 4) is 0 Å². The fourth-order valence-electron chi connectivity index (χ4n) is 0.748. The van der Waals surface area contributed by atoms with Gasteiger partial charge in [0.2, 0.25) is 0 Å². The van der Waals surface area contributed by atoms with Gasteiger partial charge >= 0.3 is 0 Å². The van der Waals surface area contributed by atoms with Crippen molar-refractivity contribution in [3.05, 3.63) is 0 Å². The van der Waals surface area contributed by atoms with E-state index in [4.69, 9.17) is 9.29 Å². The van der Waals surface area contributed by atoms with E-state index >= 15 is 0 Å². The summed E-state index contributed by atoms with van der Waals surface area (Å²) >= 11 is 0. The van der Waals surface area contributed by atoms with Crippen LogP contribution in [-0.4, -0.2) is 31.4 Å². The van der Waals surface area contributed by atoms with Crippen LogP contribution in [-0.2, 0) is 14.9 Å². The number of ether oxygens (including phenoxy) is 1. The molecule has 0 spiro atoms. The predicted molar refractivity (Wildman–Crippen MR) is 30.8 cm³/mol. The van der Waals surface area contributed by atoms with Crippen LogP contribution in [0, 0.1) is 0 Å². The molecule has 1 fully saturated rings. The van der Waals surface area contributed by atoms with E-state index in [0.29, 0.717) is 13.0 Å². The molecule has 1 atom stereocenters. The summed E-state index contributed by atoms with van der Waals surface area (Å²) in [7, 11) is -3.83. The highest BCUT2D eigenvalue weighted by Crippen LogP contribution is 2.11. The molecule has 1 N–H and O–H groups in total. The normalized spacial score (nSPS) is 28.8. The third-order valence-corrected chi connectivity index (χ3v) is 2.52. The summed E-state index contributed by atoms with van der Waals surface area (Å²) in [6.45, 7) is 0.573. The maximum Gasteiger partial charge on any atom is 0.270 e. The molecular formula is C4H8O4S. The molecule has 0 aliphatic carbocycles. The molecule has 1 aliphatic heterocycles. The molecule has 0 aromatic heterocycles. The van der Waals surface area contributed by atoms with Crippen molar-refractivity contribution in [1.82, 2.24) is 0 Å². The maximum atomic E-state index is 10.3. The lowest BCUT2D eigenvalue weighted by molar-refractivity contribution is 0.197. The highest BCUT2D eigenvalue weighted by Gasteiger charge is 2.27. The minimum atomic E-state index is -3.83. The van der Waals surface area contributed by atoms with Crippen LogP contribution >= 0.6 is 0 Å². The highest BCUT2D eigenvalue weighted by atomic mass is 32.2. The van der Waals surface area contributed by atoms with Gasteiger partial charge in [0.05, 0.1) is 6.61 Å². The Kier molecular flexibility index (Phi) is 1.74. The average Bonchev–Trinajstić information content (AvgIpc) is 2.08. The second-order valence-corrected chi connectivity index (χ2v) is 3.70. The first-order valence-corrected chi connectivity index (χ1v) is 4.15. The fourth-order valence-corrected chi connectivity index (χ4v) is 1.41. The van der Waals surface area contributed by atoms with Crippen LogP contribution in [0.4, 0.5) is 0 Å². The minimum Gasteiger partial charge on any atom is -0.380 e. The Morgan fingerprint density at radius 1 is 1.56 bits per heavy atom. The topological polar surface area (TPSA) is 63.6 Å². The molecule has 0 amide bonds. The first kappa shape index (κ1) is 6.98. The molecule has 0 bridgehead atoms. The van der Waals surface area contributed by atoms with Crippen LogP contribution in [0.2, 0.25) is 0 Å². The van der Waals surface area contributed by atoms with Gasteiger partial charge in [-0.25, -0.2) is 0 Å². The summed E-state index contributed by atoms with van der Waals surface area (Å²) in [6, 6.07) is 0. The first-order chi connectivity index (χ1) is 4.11. The van der Waals surface area contributed by atoms with E-state index in [-0.39, 0.29) is 6.61 Å². The summed E-state index contributed by atoms with van der Waals surface area (Å²) < 4.78 is 33.8. The molecule has 1 heterocycles. The van der Waals surface area contributed by atoms with Gasteiger partial charge < -0.3 is 4.74 Å². The number of hydrogen-bond acceptors (Lipinski definition) is 3. The quantitative estimate of drug-likeness (QED) is 0.522. The molecule has 0 unspecified atom stereocenters. The smallest absolute Gasteiger partial charge is 0.270 e. The van der Waals surface area contributed by atoms with Crippen molar-refractivity contribution in [2.75, 3.05) is 13.2 Å².